The summed E-state index contributed by atoms with van der Waals surface area (Å²) in [6, 6.07) is 16.4. The van der Waals surface area contributed by atoms with Crippen LogP contribution in [0.25, 0.3) is 17.4 Å². The lowest BCUT2D eigenvalue weighted by atomic mass is 10.1. The summed E-state index contributed by atoms with van der Waals surface area (Å²) in [4.78, 5) is 26.7. The number of anilines is 1. The topological polar surface area (TPSA) is 62.6 Å². The third kappa shape index (κ3) is 3.72. The molecule has 2 aromatic carbocycles. The van der Waals surface area contributed by atoms with Crippen molar-refractivity contribution in [3.63, 3.8) is 0 Å². The zero-order valence-corrected chi connectivity index (χ0v) is 16.1. The number of halogens is 1. The van der Waals surface area contributed by atoms with Gasteiger partial charge in [-0.15, -0.1) is 0 Å². The van der Waals surface area contributed by atoms with Gasteiger partial charge in [0.05, 0.1) is 5.69 Å². The van der Waals surface area contributed by atoms with Crippen molar-refractivity contribution in [3.05, 3.63) is 83.4 Å². The lowest BCUT2D eigenvalue weighted by Crippen LogP contribution is -2.54. The average Bonchev–Trinajstić information content (AvgIpc) is 3.14. The van der Waals surface area contributed by atoms with E-state index >= 15 is 0 Å². The first-order valence-corrected chi connectivity index (χ1v) is 9.17. The Morgan fingerprint density at radius 2 is 1.86 bits per heavy atom. The number of carbonyl (C=O) groups is 2. The standard InChI is InChI=1S/C22H15FN2O3S/c1-13-4-2-7-16(10-13)25-21(27)18(20(26)24-22(25)29)12-17-8-9-19(28-17)14-5-3-6-15(23)11-14/h2-12H,1H3,(H,24,26,29)/b18-12+. The van der Waals surface area contributed by atoms with Crippen molar-refractivity contribution < 1.29 is 18.4 Å². The summed E-state index contributed by atoms with van der Waals surface area (Å²) in [6.45, 7) is 1.90. The van der Waals surface area contributed by atoms with Crippen LogP contribution in [0.5, 0.6) is 0 Å². The number of nitrogens with one attached hydrogen (secondary N) is 1. The summed E-state index contributed by atoms with van der Waals surface area (Å²) < 4.78 is 19.1. The van der Waals surface area contributed by atoms with Crippen LogP contribution in [0.3, 0.4) is 0 Å². The van der Waals surface area contributed by atoms with Gasteiger partial charge in [0.1, 0.15) is 22.9 Å². The van der Waals surface area contributed by atoms with Crippen LogP contribution in [0.2, 0.25) is 0 Å². The van der Waals surface area contributed by atoms with E-state index in [-0.39, 0.29) is 16.5 Å². The molecule has 5 nitrogen and oxygen atoms in total. The van der Waals surface area contributed by atoms with Crippen molar-refractivity contribution in [2.24, 2.45) is 0 Å². The van der Waals surface area contributed by atoms with Gasteiger partial charge in [0, 0.05) is 5.56 Å². The summed E-state index contributed by atoms with van der Waals surface area (Å²) in [6.07, 6.45) is 1.35. The first-order chi connectivity index (χ1) is 13.9. The van der Waals surface area contributed by atoms with E-state index in [1.54, 1.807) is 42.5 Å². The molecule has 0 atom stereocenters. The van der Waals surface area contributed by atoms with E-state index in [0.717, 1.165) is 5.56 Å². The molecule has 0 aliphatic carbocycles. The highest BCUT2D eigenvalue weighted by Gasteiger charge is 2.34. The van der Waals surface area contributed by atoms with Gasteiger partial charge in [-0.05, 0) is 67.2 Å². The molecule has 1 aliphatic heterocycles. The molecule has 2 amide bonds. The van der Waals surface area contributed by atoms with Crippen LogP contribution in [-0.2, 0) is 9.59 Å². The molecular formula is C22H15FN2O3S. The fourth-order valence-corrected chi connectivity index (χ4v) is 3.31. The predicted molar refractivity (Wildman–Crippen MR) is 111 cm³/mol. The fourth-order valence-electron chi connectivity index (χ4n) is 3.03. The second-order valence-corrected chi connectivity index (χ2v) is 6.90. The maximum Gasteiger partial charge on any atom is 0.270 e. The van der Waals surface area contributed by atoms with E-state index in [9.17, 15) is 14.0 Å². The summed E-state index contributed by atoms with van der Waals surface area (Å²) in [7, 11) is 0. The average molecular weight is 406 g/mol. The Morgan fingerprint density at radius 3 is 2.62 bits per heavy atom. The maximum atomic E-state index is 13.4. The highest BCUT2D eigenvalue weighted by molar-refractivity contribution is 7.80. The molecule has 1 fully saturated rings. The predicted octanol–water partition coefficient (Wildman–Crippen LogP) is 4.23. The fraction of sp³-hybridized carbons (Fsp3) is 0.0455. The number of furan rings is 1. The van der Waals surface area contributed by atoms with Crippen LogP contribution in [-0.4, -0.2) is 16.9 Å². The first kappa shape index (κ1) is 18.8. The number of thiocarbonyl (C=S) groups is 1. The van der Waals surface area contributed by atoms with E-state index < -0.39 is 11.8 Å². The summed E-state index contributed by atoms with van der Waals surface area (Å²) >= 11 is 5.19. The monoisotopic (exact) mass is 406 g/mol. The number of hydrogen-bond acceptors (Lipinski definition) is 4. The molecule has 0 bridgehead atoms. The Morgan fingerprint density at radius 1 is 1.07 bits per heavy atom. The van der Waals surface area contributed by atoms with Crippen molar-refractivity contribution in [2.45, 2.75) is 6.92 Å². The minimum absolute atomic E-state index is 0.0163. The smallest absolute Gasteiger partial charge is 0.270 e. The van der Waals surface area contributed by atoms with Crippen LogP contribution < -0.4 is 10.2 Å². The molecule has 4 rings (SSSR count). The molecule has 2 heterocycles. The lowest BCUT2D eigenvalue weighted by molar-refractivity contribution is -0.122. The third-order valence-corrected chi connectivity index (χ3v) is 4.67. The Bertz CT molecular complexity index is 1180. The minimum Gasteiger partial charge on any atom is -0.457 e. The van der Waals surface area contributed by atoms with Gasteiger partial charge in [-0.25, -0.2) is 4.39 Å². The molecule has 7 heteroatoms. The molecule has 144 valence electrons. The maximum absolute atomic E-state index is 13.4. The van der Waals surface area contributed by atoms with Gasteiger partial charge in [0.2, 0.25) is 0 Å². The van der Waals surface area contributed by atoms with Gasteiger partial charge in [-0.2, -0.15) is 0 Å². The van der Waals surface area contributed by atoms with Gasteiger partial charge in [-0.1, -0.05) is 24.3 Å². The summed E-state index contributed by atoms with van der Waals surface area (Å²) in [5.74, 6) is -0.825. The molecule has 1 saturated heterocycles. The SMILES string of the molecule is Cc1cccc(N2C(=O)/C(=C/c3ccc(-c4cccc(F)c4)o3)C(=O)NC2=S)c1. The minimum atomic E-state index is -0.604. The zero-order valence-electron chi connectivity index (χ0n) is 15.3. The summed E-state index contributed by atoms with van der Waals surface area (Å²) in [5, 5.41) is 2.55. The third-order valence-electron chi connectivity index (χ3n) is 4.38. The molecule has 1 aromatic heterocycles. The van der Waals surface area contributed by atoms with Gasteiger partial charge >= 0.3 is 0 Å². The molecule has 3 aromatic rings. The Balaban J connectivity index is 1.68. The van der Waals surface area contributed by atoms with E-state index in [1.165, 1.54) is 23.1 Å². The van der Waals surface area contributed by atoms with Crippen LogP contribution in [0, 0.1) is 12.7 Å². The quantitative estimate of drug-likeness (QED) is 0.402. The molecule has 0 radical (unpaired) electrons. The second-order valence-electron chi connectivity index (χ2n) is 6.51. The van der Waals surface area contributed by atoms with Gasteiger partial charge in [-0.3, -0.25) is 19.8 Å². The van der Waals surface area contributed by atoms with Crippen molar-refractivity contribution in [3.8, 4) is 11.3 Å². The number of hydrogen-bond donors (Lipinski definition) is 1. The molecular weight excluding hydrogens is 391 g/mol. The molecule has 0 saturated carbocycles. The van der Waals surface area contributed by atoms with Crippen LogP contribution in [0.15, 0.2) is 70.7 Å². The van der Waals surface area contributed by atoms with Crippen LogP contribution >= 0.6 is 12.2 Å². The van der Waals surface area contributed by atoms with Crippen LogP contribution in [0.1, 0.15) is 11.3 Å². The zero-order chi connectivity index (χ0) is 20.5. The van der Waals surface area contributed by atoms with Crippen molar-refractivity contribution in [1.82, 2.24) is 5.32 Å². The van der Waals surface area contributed by atoms with E-state index in [2.05, 4.69) is 5.32 Å². The largest absolute Gasteiger partial charge is 0.457 e. The number of carbonyl (C=O) groups excluding carboxylic acids is 2. The normalized spacial score (nSPS) is 15.7. The Labute approximate surface area is 171 Å². The van der Waals surface area contributed by atoms with Gasteiger partial charge in [0.25, 0.3) is 11.8 Å². The molecule has 0 spiro atoms. The van der Waals surface area contributed by atoms with Gasteiger partial charge < -0.3 is 4.42 Å². The van der Waals surface area contributed by atoms with Crippen LogP contribution in [0.4, 0.5) is 10.1 Å². The summed E-state index contributed by atoms with van der Waals surface area (Å²) in [5.41, 5.74) is 1.95. The molecule has 1 N–H and O–H groups in total. The van der Waals surface area contributed by atoms with E-state index in [0.29, 0.717) is 22.8 Å². The van der Waals surface area contributed by atoms with Crippen molar-refractivity contribution in [2.75, 3.05) is 4.90 Å². The number of benzene rings is 2. The van der Waals surface area contributed by atoms with Crippen molar-refractivity contribution in [1.29, 1.82) is 0 Å². The van der Waals surface area contributed by atoms with Crippen molar-refractivity contribution >= 4 is 40.9 Å². The molecule has 0 unspecified atom stereocenters. The number of rotatable bonds is 3. The number of nitrogens with zero attached hydrogens (tertiary/aromatic N) is 1. The second kappa shape index (κ2) is 7.44. The first-order valence-electron chi connectivity index (χ1n) is 8.76. The van der Waals surface area contributed by atoms with E-state index in [1.807, 2.05) is 13.0 Å². The van der Waals surface area contributed by atoms with Gasteiger partial charge in [0.15, 0.2) is 5.11 Å². The Hall–Kier alpha value is -3.58. The highest BCUT2D eigenvalue weighted by Crippen LogP contribution is 2.26. The lowest BCUT2D eigenvalue weighted by Gasteiger charge is -2.29. The Kier molecular flexibility index (Phi) is 4.82. The highest BCUT2D eigenvalue weighted by atomic mass is 32.1. The number of aryl methyl sites for hydroxylation is 1. The number of amides is 2. The van der Waals surface area contributed by atoms with E-state index in [4.69, 9.17) is 16.6 Å². The molecule has 1 aliphatic rings. The molecule has 29 heavy (non-hydrogen) atoms.